The van der Waals surface area contributed by atoms with E-state index in [1.807, 2.05) is 6.92 Å². The summed E-state index contributed by atoms with van der Waals surface area (Å²) in [6.07, 6.45) is -4.80. The van der Waals surface area contributed by atoms with Crippen molar-refractivity contribution in [2.45, 2.75) is 26.3 Å². The third-order valence-corrected chi connectivity index (χ3v) is 4.46. The van der Waals surface area contributed by atoms with Crippen molar-refractivity contribution < 1.29 is 32.2 Å². The molecule has 0 unspecified atom stereocenters. The summed E-state index contributed by atoms with van der Waals surface area (Å²) in [5.74, 6) is 0.541. The lowest BCUT2D eigenvalue weighted by atomic mass is 9.95. The van der Waals surface area contributed by atoms with E-state index < -0.39 is 30.2 Å². The summed E-state index contributed by atoms with van der Waals surface area (Å²) < 4.78 is 45.9. The first-order valence-electron chi connectivity index (χ1n) is 8.10. The summed E-state index contributed by atoms with van der Waals surface area (Å²) in [6, 6.07) is 3.58. The fourth-order valence-electron chi connectivity index (χ4n) is 2.49. The first-order valence-corrected chi connectivity index (χ1v) is 9.25. The van der Waals surface area contributed by atoms with Crippen molar-refractivity contribution in [3.8, 4) is 5.75 Å². The van der Waals surface area contributed by atoms with E-state index in [9.17, 15) is 22.8 Å². The zero-order valence-electron chi connectivity index (χ0n) is 14.7. The van der Waals surface area contributed by atoms with Gasteiger partial charge in [-0.15, -0.1) is 13.2 Å². The lowest BCUT2D eigenvalue weighted by Gasteiger charge is -2.28. The number of carbonyl (C=O) groups is 2. The molecule has 0 saturated carbocycles. The van der Waals surface area contributed by atoms with Crippen LogP contribution in [0.15, 0.2) is 35.5 Å². The molecule has 2 rings (SSSR count). The quantitative estimate of drug-likeness (QED) is 0.537. The van der Waals surface area contributed by atoms with Gasteiger partial charge in [0.05, 0.1) is 11.6 Å². The van der Waals surface area contributed by atoms with Gasteiger partial charge in [-0.1, -0.05) is 19.1 Å². The van der Waals surface area contributed by atoms with E-state index in [-0.39, 0.29) is 12.2 Å². The number of hydrogen-bond acceptors (Lipinski definition) is 5. The molecule has 0 bridgehead atoms. The third-order valence-electron chi connectivity index (χ3n) is 3.60. The van der Waals surface area contributed by atoms with Crippen molar-refractivity contribution in [1.29, 1.82) is 0 Å². The Morgan fingerprint density at radius 3 is 2.52 bits per heavy atom. The summed E-state index contributed by atoms with van der Waals surface area (Å²) in [4.78, 5) is 24.3. The number of amides is 2. The van der Waals surface area contributed by atoms with Crippen molar-refractivity contribution in [2.75, 3.05) is 18.1 Å². The third kappa shape index (κ3) is 6.09. The molecule has 148 valence electrons. The Kier molecular flexibility index (Phi) is 7.00. The van der Waals surface area contributed by atoms with Crippen LogP contribution >= 0.6 is 11.8 Å². The molecule has 6 nitrogen and oxygen atoms in total. The number of rotatable bonds is 7. The predicted octanol–water partition coefficient (Wildman–Crippen LogP) is 3.51. The van der Waals surface area contributed by atoms with Crippen LogP contribution in [0.3, 0.4) is 0 Å². The molecule has 1 aromatic rings. The monoisotopic (exact) mass is 404 g/mol. The number of halogens is 3. The Labute approximate surface area is 158 Å². The van der Waals surface area contributed by atoms with Gasteiger partial charge >= 0.3 is 18.4 Å². The Hall–Kier alpha value is -2.36. The number of hydrogen-bond donors (Lipinski definition) is 2. The van der Waals surface area contributed by atoms with Crippen LogP contribution in [-0.2, 0) is 9.53 Å². The van der Waals surface area contributed by atoms with Gasteiger partial charge in [0, 0.05) is 11.4 Å². The van der Waals surface area contributed by atoms with Crippen molar-refractivity contribution >= 4 is 23.8 Å². The zero-order valence-corrected chi connectivity index (χ0v) is 15.5. The second-order valence-corrected chi connectivity index (χ2v) is 6.91. The molecule has 1 atom stereocenters. The second kappa shape index (κ2) is 9.03. The minimum Gasteiger partial charge on any atom is -0.461 e. The van der Waals surface area contributed by atoms with E-state index >= 15 is 0 Å². The van der Waals surface area contributed by atoms with Gasteiger partial charge < -0.3 is 20.1 Å². The molecule has 0 aliphatic carbocycles. The van der Waals surface area contributed by atoms with Crippen molar-refractivity contribution in [3.05, 3.63) is 41.1 Å². The van der Waals surface area contributed by atoms with E-state index in [0.717, 1.165) is 17.9 Å². The molecule has 0 aromatic heterocycles. The molecule has 0 spiro atoms. The molecule has 0 radical (unpaired) electrons. The standard InChI is InChI=1S/C17H19F3N2O4S/c1-3-27-9-8-25-15(23)13-10(2)21-16(24)22-14(13)11-4-6-12(7-5-11)26-17(18,19)20/h4-7,14H,3,8-9H2,1-2H3,(H2,21,22,24)/t14-/m1/s1. The Bertz CT molecular complexity index is 720. The largest absolute Gasteiger partial charge is 0.573 e. The zero-order chi connectivity index (χ0) is 20.0. The molecule has 0 fully saturated rings. The fourth-order valence-corrected chi connectivity index (χ4v) is 2.98. The summed E-state index contributed by atoms with van der Waals surface area (Å²) in [5.41, 5.74) is 0.946. The Morgan fingerprint density at radius 1 is 1.26 bits per heavy atom. The first kappa shape index (κ1) is 20.9. The van der Waals surface area contributed by atoms with E-state index in [1.54, 1.807) is 18.7 Å². The van der Waals surface area contributed by atoms with Crippen molar-refractivity contribution in [1.82, 2.24) is 10.6 Å². The highest BCUT2D eigenvalue weighted by atomic mass is 32.2. The van der Waals surface area contributed by atoms with E-state index in [1.165, 1.54) is 12.1 Å². The van der Waals surface area contributed by atoms with Crippen LogP contribution in [-0.4, -0.2) is 36.5 Å². The fraction of sp³-hybridized carbons (Fsp3) is 0.412. The Morgan fingerprint density at radius 2 is 1.93 bits per heavy atom. The summed E-state index contributed by atoms with van der Waals surface area (Å²) in [6.45, 7) is 3.76. The Balaban J connectivity index is 2.20. The van der Waals surface area contributed by atoms with Gasteiger partial charge in [-0.3, -0.25) is 0 Å². The summed E-state index contributed by atoms with van der Waals surface area (Å²) >= 11 is 1.62. The SMILES string of the molecule is CCSCCOC(=O)C1=C(C)NC(=O)N[C@@H]1c1ccc(OC(F)(F)F)cc1. The number of alkyl halides is 3. The molecule has 0 saturated heterocycles. The minimum absolute atomic E-state index is 0.195. The number of ether oxygens (including phenoxy) is 2. The molecule has 1 aromatic carbocycles. The maximum atomic E-state index is 12.5. The predicted molar refractivity (Wildman–Crippen MR) is 94.2 cm³/mol. The first-order chi connectivity index (χ1) is 12.7. The molecule has 1 aliphatic heterocycles. The number of carbonyl (C=O) groups excluding carboxylic acids is 2. The highest BCUT2D eigenvalue weighted by molar-refractivity contribution is 7.99. The van der Waals surface area contributed by atoms with Gasteiger partial charge in [0.15, 0.2) is 0 Å². The minimum atomic E-state index is -4.80. The average Bonchev–Trinajstić information content (AvgIpc) is 2.57. The van der Waals surface area contributed by atoms with Crippen LogP contribution in [0.1, 0.15) is 25.5 Å². The van der Waals surface area contributed by atoms with Crippen LogP contribution in [0.25, 0.3) is 0 Å². The number of nitrogens with one attached hydrogen (secondary N) is 2. The number of thioether (sulfide) groups is 1. The van der Waals surface area contributed by atoms with E-state index in [2.05, 4.69) is 15.4 Å². The smallest absolute Gasteiger partial charge is 0.461 e. The molecule has 2 amide bonds. The van der Waals surface area contributed by atoms with Gasteiger partial charge in [-0.25, -0.2) is 9.59 Å². The normalized spacial score (nSPS) is 17.2. The lowest BCUT2D eigenvalue weighted by Crippen LogP contribution is -2.45. The number of esters is 1. The lowest BCUT2D eigenvalue weighted by molar-refractivity contribution is -0.274. The maximum Gasteiger partial charge on any atom is 0.573 e. The number of benzene rings is 1. The summed E-state index contributed by atoms with van der Waals surface area (Å²) in [7, 11) is 0. The van der Waals surface area contributed by atoms with Gasteiger partial charge in [-0.2, -0.15) is 11.8 Å². The van der Waals surface area contributed by atoms with Crippen molar-refractivity contribution in [3.63, 3.8) is 0 Å². The maximum absolute atomic E-state index is 12.5. The molecule has 2 N–H and O–H groups in total. The molecule has 27 heavy (non-hydrogen) atoms. The van der Waals surface area contributed by atoms with Crippen LogP contribution in [0.5, 0.6) is 5.75 Å². The highest BCUT2D eigenvalue weighted by Crippen LogP contribution is 2.30. The van der Waals surface area contributed by atoms with Crippen LogP contribution in [0.2, 0.25) is 0 Å². The molecule has 10 heteroatoms. The van der Waals surface area contributed by atoms with Crippen LogP contribution in [0.4, 0.5) is 18.0 Å². The molecule has 1 heterocycles. The highest BCUT2D eigenvalue weighted by Gasteiger charge is 2.33. The van der Waals surface area contributed by atoms with Gasteiger partial charge in [0.2, 0.25) is 0 Å². The second-order valence-electron chi connectivity index (χ2n) is 5.52. The van der Waals surface area contributed by atoms with E-state index in [4.69, 9.17) is 4.74 Å². The van der Waals surface area contributed by atoms with Crippen LogP contribution in [0, 0.1) is 0 Å². The molecular weight excluding hydrogens is 385 g/mol. The van der Waals surface area contributed by atoms with Gasteiger partial charge in [-0.05, 0) is 30.4 Å². The summed E-state index contributed by atoms with van der Waals surface area (Å²) in [5, 5.41) is 5.09. The number of allylic oxidation sites excluding steroid dienone is 1. The van der Waals surface area contributed by atoms with Crippen LogP contribution < -0.4 is 15.4 Å². The molecule has 1 aliphatic rings. The van der Waals surface area contributed by atoms with Gasteiger partial charge in [0.25, 0.3) is 0 Å². The number of urea groups is 1. The average molecular weight is 404 g/mol. The van der Waals surface area contributed by atoms with E-state index in [0.29, 0.717) is 17.0 Å². The van der Waals surface area contributed by atoms with Crippen molar-refractivity contribution in [2.24, 2.45) is 0 Å². The van der Waals surface area contributed by atoms with Gasteiger partial charge in [0.1, 0.15) is 12.4 Å². The topological polar surface area (TPSA) is 76.7 Å². The molecular formula is C17H19F3N2O4S.